The second-order valence-electron chi connectivity index (χ2n) is 5.23. The Morgan fingerprint density at radius 1 is 1.56 bits per heavy atom. The smallest absolute Gasteiger partial charge is 0.0575 e. The molecule has 0 aliphatic carbocycles. The van der Waals surface area contributed by atoms with Gasteiger partial charge in [0.1, 0.15) is 0 Å². The summed E-state index contributed by atoms with van der Waals surface area (Å²) in [5.41, 5.74) is 7.43. The molecular formula is C14H25N3O. The van der Waals surface area contributed by atoms with Crippen LogP contribution in [0.2, 0.25) is 0 Å². The van der Waals surface area contributed by atoms with Gasteiger partial charge in [0.2, 0.25) is 0 Å². The summed E-state index contributed by atoms with van der Waals surface area (Å²) >= 11 is 0. The molecule has 0 amide bonds. The van der Waals surface area contributed by atoms with E-state index in [4.69, 9.17) is 10.5 Å². The van der Waals surface area contributed by atoms with E-state index in [1.165, 1.54) is 24.8 Å². The van der Waals surface area contributed by atoms with E-state index in [1.807, 2.05) is 10.9 Å². The number of hydrogen-bond acceptors (Lipinski definition) is 3. The van der Waals surface area contributed by atoms with Crippen LogP contribution in [0, 0.1) is 0 Å². The molecule has 0 spiro atoms. The van der Waals surface area contributed by atoms with Gasteiger partial charge in [-0.05, 0) is 51.0 Å². The highest BCUT2D eigenvalue weighted by Gasteiger charge is 2.15. The molecule has 1 aliphatic rings. The average molecular weight is 251 g/mol. The summed E-state index contributed by atoms with van der Waals surface area (Å²) in [5.74, 6) is 0. The summed E-state index contributed by atoms with van der Waals surface area (Å²) in [5, 5.41) is 4.27. The van der Waals surface area contributed by atoms with Gasteiger partial charge in [-0.3, -0.25) is 4.68 Å². The summed E-state index contributed by atoms with van der Waals surface area (Å²) < 4.78 is 7.68. The van der Waals surface area contributed by atoms with Crippen molar-refractivity contribution in [1.29, 1.82) is 0 Å². The summed E-state index contributed by atoms with van der Waals surface area (Å²) in [6.07, 6.45) is 11.3. The van der Waals surface area contributed by atoms with Gasteiger partial charge in [-0.2, -0.15) is 5.10 Å². The molecule has 0 bridgehead atoms. The Morgan fingerprint density at radius 2 is 2.44 bits per heavy atom. The van der Waals surface area contributed by atoms with Crippen LogP contribution in [0.5, 0.6) is 0 Å². The first-order valence-electron chi connectivity index (χ1n) is 7.16. The van der Waals surface area contributed by atoms with Crippen LogP contribution in [0.25, 0.3) is 0 Å². The van der Waals surface area contributed by atoms with Crippen molar-refractivity contribution < 1.29 is 4.74 Å². The third-order valence-electron chi connectivity index (χ3n) is 3.64. The molecule has 102 valence electrons. The van der Waals surface area contributed by atoms with Gasteiger partial charge in [0, 0.05) is 25.4 Å². The zero-order chi connectivity index (χ0) is 12.8. The highest BCUT2D eigenvalue weighted by Crippen LogP contribution is 2.18. The van der Waals surface area contributed by atoms with E-state index in [-0.39, 0.29) is 6.04 Å². The summed E-state index contributed by atoms with van der Waals surface area (Å²) in [7, 11) is 0. The lowest BCUT2D eigenvalue weighted by Gasteiger charge is -2.23. The standard InChI is InChI=1S/C14H25N3O/c1-2-17-11-12(10-16-17)9-13(15)6-7-14-5-3-4-8-18-14/h10-11,13-14H,2-9,15H2,1H3. The van der Waals surface area contributed by atoms with Crippen molar-refractivity contribution in [3.05, 3.63) is 18.0 Å². The first-order valence-corrected chi connectivity index (χ1v) is 7.16. The van der Waals surface area contributed by atoms with Crippen LogP contribution in [-0.2, 0) is 17.7 Å². The second-order valence-corrected chi connectivity index (χ2v) is 5.23. The lowest BCUT2D eigenvalue weighted by atomic mass is 9.99. The molecule has 1 aromatic rings. The van der Waals surface area contributed by atoms with Gasteiger partial charge in [-0.25, -0.2) is 0 Å². The Hall–Kier alpha value is -0.870. The van der Waals surface area contributed by atoms with Crippen LogP contribution in [0.15, 0.2) is 12.4 Å². The predicted molar refractivity (Wildman–Crippen MR) is 72.4 cm³/mol. The lowest BCUT2D eigenvalue weighted by molar-refractivity contribution is 0.00915. The molecular weight excluding hydrogens is 226 g/mol. The normalized spacial score (nSPS) is 22.0. The number of ether oxygens (including phenoxy) is 1. The van der Waals surface area contributed by atoms with Gasteiger partial charge >= 0.3 is 0 Å². The SMILES string of the molecule is CCn1cc(CC(N)CCC2CCCCO2)cn1. The molecule has 4 heteroatoms. The van der Waals surface area contributed by atoms with Gasteiger partial charge in [0.25, 0.3) is 0 Å². The molecule has 2 N–H and O–H groups in total. The van der Waals surface area contributed by atoms with Crippen molar-refractivity contribution in [3.63, 3.8) is 0 Å². The predicted octanol–water partition coefficient (Wildman–Crippen LogP) is 2.12. The quantitative estimate of drug-likeness (QED) is 0.842. The number of nitrogens with two attached hydrogens (primary N) is 1. The molecule has 18 heavy (non-hydrogen) atoms. The molecule has 0 radical (unpaired) electrons. The van der Waals surface area contributed by atoms with E-state index >= 15 is 0 Å². The minimum Gasteiger partial charge on any atom is -0.378 e. The largest absolute Gasteiger partial charge is 0.378 e. The fourth-order valence-electron chi connectivity index (χ4n) is 2.52. The Bertz CT molecular complexity index is 345. The fourth-order valence-corrected chi connectivity index (χ4v) is 2.52. The van der Waals surface area contributed by atoms with Crippen molar-refractivity contribution in [2.75, 3.05) is 6.61 Å². The summed E-state index contributed by atoms with van der Waals surface area (Å²) in [6, 6.07) is 0.227. The van der Waals surface area contributed by atoms with Gasteiger partial charge in [0.15, 0.2) is 0 Å². The van der Waals surface area contributed by atoms with Crippen molar-refractivity contribution in [1.82, 2.24) is 9.78 Å². The number of nitrogens with zero attached hydrogens (tertiary/aromatic N) is 2. The molecule has 2 rings (SSSR count). The van der Waals surface area contributed by atoms with E-state index in [1.54, 1.807) is 0 Å². The highest BCUT2D eigenvalue weighted by atomic mass is 16.5. The maximum absolute atomic E-state index is 6.18. The number of aromatic nitrogens is 2. The molecule has 1 fully saturated rings. The number of aryl methyl sites for hydroxylation is 1. The molecule has 1 aromatic heterocycles. The minimum atomic E-state index is 0.227. The molecule has 2 atom stereocenters. The molecule has 2 unspecified atom stereocenters. The molecule has 1 saturated heterocycles. The third-order valence-corrected chi connectivity index (χ3v) is 3.64. The molecule has 0 aromatic carbocycles. The fraction of sp³-hybridized carbons (Fsp3) is 0.786. The van der Waals surface area contributed by atoms with E-state index in [0.29, 0.717) is 6.10 Å². The first-order chi connectivity index (χ1) is 8.78. The Balaban J connectivity index is 1.69. The molecule has 2 heterocycles. The van der Waals surface area contributed by atoms with Crippen molar-refractivity contribution in [3.8, 4) is 0 Å². The van der Waals surface area contributed by atoms with Crippen LogP contribution in [-0.4, -0.2) is 28.5 Å². The molecule has 1 aliphatic heterocycles. The van der Waals surface area contributed by atoms with Gasteiger partial charge in [-0.1, -0.05) is 0 Å². The topological polar surface area (TPSA) is 53.1 Å². The van der Waals surface area contributed by atoms with E-state index in [9.17, 15) is 0 Å². The van der Waals surface area contributed by atoms with Gasteiger partial charge in [0.05, 0.1) is 12.3 Å². The maximum Gasteiger partial charge on any atom is 0.0575 e. The Morgan fingerprint density at radius 3 is 3.11 bits per heavy atom. The third kappa shape index (κ3) is 4.10. The highest BCUT2D eigenvalue weighted by molar-refractivity contribution is 5.05. The maximum atomic E-state index is 6.18. The summed E-state index contributed by atoms with van der Waals surface area (Å²) in [4.78, 5) is 0. The Kier molecular flexibility index (Phi) is 5.20. The van der Waals surface area contributed by atoms with Crippen LogP contribution in [0.3, 0.4) is 0 Å². The molecule has 0 saturated carbocycles. The zero-order valence-electron chi connectivity index (χ0n) is 11.3. The minimum absolute atomic E-state index is 0.227. The average Bonchev–Trinajstić information content (AvgIpc) is 2.85. The molecule has 4 nitrogen and oxygen atoms in total. The monoisotopic (exact) mass is 251 g/mol. The number of rotatable bonds is 6. The van der Waals surface area contributed by atoms with Crippen LogP contribution in [0.1, 0.15) is 44.6 Å². The van der Waals surface area contributed by atoms with E-state index < -0.39 is 0 Å². The van der Waals surface area contributed by atoms with Crippen LogP contribution < -0.4 is 5.73 Å². The van der Waals surface area contributed by atoms with Crippen LogP contribution >= 0.6 is 0 Å². The van der Waals surface area contributed by atoms with Crippen molar-refractivity contribution in [2.24, 2.45) is 5.73 Å². The van der Waals surface area contributed by atoms with Gasteiger partial charge in [-0.15, -0.1) is 0 Å². The van der Waals surface area contributed by atoms with Crippen LogP contribution in [0.4, 0.5) is 0 Å². The van der Waals surface area contributed by atoms with E-state index in [0.717, 1.165) is 32.4 Å². The lowest BCUT2D eigenvalue weighted by Crippen LogP contribution is -2.26. The number of hydrogen-bond donors (Lipinski definition) is 1. The van der Waals surface area contributed by atoms with Crippen molar-refractivity contribution >= 4 is 0 Å². The first kappa shape index (κ1) is 13.6. The van der Waals surface area contributed by atoms with Crippen molar-refractivity contribution in [2.45, 2.75) is 64.1 Å². The second kappa shape index (κ2) is 6.90. The van der Waals surface area contributed by atoms with Gasteiger partial charge < -0.3 is 10.5 Å². The zero-order valence-corrected chi connectivity index (χ0v) is 11.3. The van der Waals surface area contributed by atoms with E-state index in [2.05, 4.69) is 18.2 Å². The Labute approximate surface area is 110 Å². The summed E-state index contributed by atoms with van der Waals surface area (Å²) in [6.45, 7) is 3.95.